The maximum Gasteiger partial charge on any atom is 0.290 e. The second kappa shape index (κ2) is 9.69. The third-order valence-electron chi connectivity index (χ3n) is 7.60. The number of Topliss-reactive ketones (excluding diaryl/α,β-unsaturated/α-hetero) is 1. The van der Waals surface area contributed by atoms with Crippen LogP contribution in [0.2, 0.25) is 0 Å². The fraction of sp³-hybridized carbons (Fsp3) is 0.448. The molecule has 1 fully saturated rings. The molecular weight excluding hydrogens is 462 g/mol. The van der Waals surface area contributed by atoms with Gasteiger partial charge in [0.15, 0.2) is 11.5 Å². The SMILES string of the molecule is COc1ccc(CCN2C(=O)C3=C(C(=O)C4CC(Cl)CCC4O3)C2c2ccc(C(C)C)cc2)cc1. The monoisotopic (exact) mass is 493 g/mol. The zero-order valence-corrected chi connectivity index (χ0v) is 21.3. The number of alkyl halides is 1. The van der Waals surface area contributed by atoms with Gasteiger partial charge in [0, 0.05) is 11.9 Å². The molecule has 0 spiro atoms. The molecule has 2 aliphatic heterocycles. The first-order chi connectivity index (χ1) is 16.9. The van der Waals surface area contributed by atoms with Crippen LogP contribution in [-0.4, -0.2) is 41.7 Å². The number of amides is 1. The lowest BCUT2D eigenvalue weighted by molar-refractivity contribution is -0.135. The molecule has 0 N–H and O–H groups in total. The quantitative estimate of drug-likeness (QED) is 0.493. The van der Waals surface area contributed by atoms with E-state index < -0.39 is 6.04 Å². The highest BCUT2D eigenvalue weighted by atomic mass is 35.5. The van der Waals surface area contributed by atoms with Gasteiger partial charge in [0.1, 0.15) is 11.9 Å². The summed E-state index contributed by atoms with van der Waals surface area (Å²) in [4.78, 5) is 29.3. The normalized spacial score (nSPS) is 26.0. The van der Waals surface area contributed by atoms with E-state index in [0.29, 0.717) is 37.3 Å². The minimum Gasteiger partial charge on any atom is -0.497 e. The molecular formula is C29H32ClNO4. The van der Waals surface area contributed by atoms with Crippen molar-refractivity contribution in [2.45, 2.75) is 63.0 Å². The first-order valence-electron chi connectivity index (χ1n) is 12.5. The molecule has 3 aliphatic rings. The van der Waals surface area contributed by atoms with E-state index in [1.54, 1.807) is 7.11 Å². The van der Waals surface area contributed by atoms with Crippen LogP contribution in [0.5, 0.6) is 5.75 Å². The van der Waals surface area contributed by atoms with Crippen molar-refractivity contribution in [3.05, 3.63) is 76.6 Å². The Balaban J connectivity index is 1.48. The summed E-state index contributed by atoms with van der Waals surface area (Å²) in [6.07, 6.45) is 2.51. The molecule has 1 saturated carbocycles. The van der Waals surface area contributed by atoms with Gasteiger partial charge in [0.05, 0.1) is 24.6 Å². The summed E-state index contributed by atoms with van der Waals surface area (Å²) >= 11 is 6.43. The van der Waals surface area contributed by atoms with Crippen molar-refractivity contribution in [3.8, 4) is 5.75 Å². The number of methoxy groups -OCH3 is 1. The lowest BCUT2D eigenvalue weighted by Gasteiger charge is -2.37. The molecule has 35 heavy (non-hydrogen) atoms. The Morgan fingerprint density at radius 2 is 1.77 bits per heavy atom. The third-order valence-corrected chi connectivity index (χ3v) is 7.99. The number of benzene rings is 2. The van der Waals surface area contributed by atoms with Crippen molar-refractivity contribution in [2.24, 2.45) is 5.92 Å². The summed E-state index contributed by atoms with van der Waals surface area (Å²) in [5, 5.41) is -0.0296. The minimum atomic E-state index is -0.443. The Hall–Kier alpha value is -2.79. The molecule has 1 amide bonds. The molecule has 0 bridgehead atoms. The van der Waals surface area contributed by atoms with Gasteiger partial charge in [0.2, 0.25) is 0 Å². The molecule has 0 aromatic heterocycles. The van der Waals surface area contributed by atoms with Gasteiger partial charge in [-0.05, 0) is 60.4 Å². The number of ketones is 1. The molecule has 4 atom stereocenters. The molecule has 0 radical (unpaired) electrons. The first-order valence-corrected chi connectivity index (χ1v) is 12.9. The number of hydrogen-bond donors (Lipinski definition) is 0. The average Bonchev–Trinajstić information content (AvgIpc) is 3.15. The van der Waals surface area contributed by atoms with Crippen LogP contribution in [0, 0.1) is 5.92 Å². The molecule has 6 heteroatoms. The molecule has 1 aliphatic carbocycles. The highest BCUT2D eigenvalue weighted by molar-refractivity contribution is 6.21. The predicted octanol–water partition coefficient (Wildman–Crippen LogP) is 5.57. The lowest BCUT2D eigenvalue weighted by atomic mass is 9.77. The van der Waals surface area contributed by atoms with E-state index >= 15 is 0 Å². The molecule has 4 unspecified atom stereocenters. The smallest absolute Gasteiger partial charge is 0.290 e. The summed E-state index contributed by atoms with van der Waals surface area (Å²) in [5.74, 6) is 1.00. The number of carbonyl (C=O) groups is 2. The zero-order valence-electron chi connectivity index (χ0n) is 20.5. The Labute approximate surface area is 212 Å². The lowest BCUT2D eigenvalue weighted by Crippen LogP contribution is -2.41. The van der Waals surface area contributed by atoms with Gasteiger partial charge in [-0.3, -0.25) is 9.59 Å². The topological polar surface area (TPSA) is 55.8 Å². The van der Waals surface area contributed by atoms with Gasteiger partial charge in [-0.2, -0.15) is 0 Å². The van der Waals surface area contributed by atoms with Crippen LogP contribution in [0.15, 0.2) is 59.9 Å². The highest BCUT2D eigenvalue weighted by Crippen LogP contribution is 2.47. The fourth-order valence-electron chi connectivity index (χ4n) is 5.55. The van der Waals surface area contributed by atoms with E-state index in [4.69, 9.17) is 21.1 Å². The van der Waals surface area contributed by atoms with Crippen LogP contribution < -0.4 is 4.74 Å². The van der Waals surface area contributed by atoms with E-state index in [9.17, 15) is 9.59 Å². The van der Waals surface area contributed by atoms with Gasteiger partial charge in [-0.25, -0.2) is 0 Å². The summed E-state index contributed by atoms with van der Waals surface area (Å²) in [7, 11) is 1.64. The van der Waals surface area contributed by atoms with E-state index in [0.717, 1.165) is 23.3 Å². The summed E-state index contributed by atoms with van der Waals surface area (Å²) < 4.78 is 11.5. The van der Waals surface area contributed by atoms with Crippen LogP contribution in [-0.2, 0) is 20.7 Å². The zero-order chi connectivity index (χ0) is 24.7. The predicted molar refractivity (Wildman–Crippen MR) is 136 cm³/mol. The van der Waals surface area contributed by atoms with Crippen molar-refractivity contribution in [1.82, 2.24) is 4.90 Å². The van der Waals surface area contributed by atoms with Crippen molar-refractivity contribution in [2.75, 3.05) is 13.7 Å². The number of nitrogens with zero attached hydrogens (tertiary/aromatic N) is 1. The van der Waals surface area contributed by atoms with E-state index in [1.807, 2.05) is 41.3 Å². The van der Waals surface area contributed by atoms with Crippen LogP contribution in [0.25, 0.3) is 0 Å². The molecule has 0 saturated heterocycles. The van der Waals surface area contributed by atoms with Crippen molar-refractivity contribution < 1.29 is 19.1 Å². The van der Waals surface area contributed by atoms with Crippen molar-refractivity contribution in [1.29, 1.82) is 0 Å². The maximum absolute atomic E-state index is 13.8. The van der Waals surface area contributed by atoms with Crippen LogP contribution in [0.3, 0.4) is 0 Å². The first kappa shape index (κ1) is 23.9. The molecule has 2 aromatic rings. The molecule has 2 heterocycles. The summed E-state index contributed by atoms with van der Waals surface area (Å²) in [6.45, 7) is 4.79. The van der Waals surface area contributed by atoms with Gasteiger partial charge in [0.25, 0.3) is 5.91 Å². The molecule has 5 rings (SSSR count). The number of fused-ring (bicyclic) bond motifs is 1. The van der Waals surface area contributed by atoms with Crippen LogP contribution in [0.1, 0.15) is 61.8 Å². The molecule has 2 aromatic carbocycles. The Morgan fingerprint density at radius 1 is 1.06 bits per heavy atom. The van der Waals surface area contributed by atoms with Crippen molar-refractivity contribution in [3.63, 3.8) is 0 Å². The molecule has 5 nitrogen and oxygen atoms in total. The maximum atomic E-state index is 13.8. The van der Waals surface area contributed by atoms with E-state index in [1.165, 1.54) is 5.56 Å². The summed E-state index contributed by atoms with van der Waals surface area (Å²) in [6, 6.07) is 15.7. The fourth-order valence-corrected chi connectivity index (χ4v) is 5.86. The number of carbonyl (C=O) groups excluding carboxylic acids is 2. The molecule has 184 valence electrons. The Bertz CT molecular complexity index is 1140. The van der Waals surface area contributed by atoms with Gasteiger partial charge >= 0.3 is 0 Å². The minimum absolute atomic E-state index is 0.0276. The second-order valence-corrected chi connectivity index (χ2v) is 10.7. The van der Waals surface area contributed by atoms with Crippen LogP contribution in [0.4, 0.5) is 0 Å². The number of hydrogen-bond acceptors (Lipinski definition) is 4. The largest absolute Gasteiger partial charge is 0.497 e. The van der Waals surface area contributed by atoms with E-state index in [2.05, 4.69) is 26.0 Å². The Kier molecular flexibility index (Phi) is 6.63. The van der Waals surface area contributed by atoms with Crippen LogP contribution >= 0.6 is 11.6 Å². The van der Waals surface area contributed by atoms with Gasteiger partial charge in [-0.15, -0.1) is 11.6 Å². The average molecular weight is 494 g/mol. The van der Waals surface area contributed by atoms with Gasteiger partial charge in [-0.1, -0.05) is 50.2 Å². The standard InChI is InChI=1S/C29H32ClNO4/c1-17(2)19-6-8-20(9-7-19)26-25-27(32)23-16-21(30)10-13-24(23)35-28(25)29(33)31(26)15-14-18-4-11-22(34-3)12-5-18/h4-9,11-12,17,21,23-24,26H,10,13-16H2,1-3H3. The highest BCUT2D eigenvalue weighted by Gasteiger charge is 2.52. The number of rotatable bonds is 6. The van der Waals surface area contributed by atoms with Crippen molar-refractivity contribution >= 4 is 23.3 Å². The van der Waals surface area contributed by atoms with E-state index in [-0.39, 0.29) is 34.8 Å². The van der Waals surface area contributed by atoms with Gasteiger partial charge < -0.3 is 14.4 Å². The Morgan fingerprint density at radius 3 is 2.43 bits per heavy atom. The number of ether oxygens (including phenoxy) is 2. The second-order valence-electron chi connectivity index (χ2n) is 10.1. The summed E-state index contributed by atoms with van der Waals surface area (Å²) in [5.41, 5.74) is 3.77. The number of halogens is 1. The third kappa shape index (κ3) is 4.47.